The Balaban J connectivity index is 1.47. The van der Waals surface area contributed by atoms with Crippen molar-refractivity contribution in [1.82, 2.24) is 9.88 Å². The maximum atomic E-state index is 5.89. The van der Waals surface area contributed by atoms with Gasteiger partial charge in [-0.25, -0.2) is 4.98 Å². The zero-order valence-electron chi connectivity index (χ0n) is 13.0. The predicted octanol–water partition coefficient (Wildman–Crippen LogP) is 3.41. The Morgan fingerprint density at radius 2 is 1.73 bits per heavy atom. The average Bonchev–Trinajstić information content (AvgIpc) is 2.56. The lowest BCUT2D eigenvalue weighted by molar-refractivity contribution is 0.260. The SMILES string of the molecule is Cc1ccc(CCN2CCN(c3ccc(Cl)cn3)CC2)cc1. The van der Waals surface area contributed by atoms with E-state index in [1.807, 2.05) is 12.1 Å². The van der Waals surface area contributed by atoms with Crippen LogP contribution in [0.3, 0.4) is 0 Å². The number of halogens is 1. The van der Waals surface area contributed by atoms with Crippen LogP contribution < -0.4 is 4.90 Å². The summed E-state index contributed by atoms with van der Waals surface area (Å²) in [5.74, 6) is 1.03. The average molecular weight is 316 g/mol. The van der Waals surface area contributed by atoms with Crippen LogP contribution >= 0.6 is 11.6 Å². The van der Waals surface area contributed by atoms with Crippen molar-refractivity contribution in [2.24, 2.45) is 0 Å². The molecule has 0 amide bonds. The normalized spacial score (nSPS) is 16.0. The molecule has 0 aliphatic carbocycles. The lowest BCUT2D eigenvalue weighted by atomic mass is 10.1. The Kier molecular flexibility index (Phi) is 4.96. The number of hydrogen-bond donors (Lipinski definition) is 0. The van der Waals surface area contributed by atoms with Gasteiger partial charge in [0.1, 0.15) is 5.82 Å². The van der Waals surface area contributed by atoms with Crippen LogP contribution in [0.2, 0.25) is 5.02 Å². The Bertz CT molecular complexity index is 587. The summed E-state index contributed by atoms with van der Waals surface area (Å²) >= 11 is 5.89. The van der Waals surface area contributed by atoms with Gasteiger partial charge in [0.05, 0.1) is 5.02 Å². The molecule has 3 nitrogen and oxygen atoms in total. The third kappa shape index (κ3) is 3.99. The molecule has 1 saturated heterocycles. The Morgan fingerprint density at radius 3 is 2.36 bits per heavy atom. The van der Waals surface area contributed by atoms with Crippen molar-refractivity contribution >= 4 is 17.4 Å². The zero-order chi connectivity index (χ0) is 15.4. The monoisotopic (exact) mass is 315 g/mol. The van der Waals surface area contributed by atoms with Gasteiger partial charge in [-0.05, 0) is 31.0 Å². The molecule has 0 bridgehead atoms. The summed E-state index contributed by atoms with van der Waals surface area (Å²) in [7, 11) is 0. The summed E-state index contributed by atoms with van der Waals surface area (Å²) in [5.41, 5.74) is 2.75. The first kappa shape index (κ1) is 15.3. The summed E-state index contributed by atoms with van der Waals surface area (Å²) in [6.07, 6.45) is 2.85. The van der Waals surface area contributed by atoms with Gasteiger partial charge >= 0.3 is 0 Å². The number of rotatable bonds is 4. The molecule has 0 saturated carbocycles. The number of hydrogen-bond acceptors (Lipinski definition) is 3. The Morgan fingerprint density at radius 1 is 1.00 bits per heavy atom. The summed E-state index contributed by atoms with van der Waals surface area (Å²) < 4.78 is 0. The van der Waals surface area contributed by atoms with Crippen LogP contribution in [0.4, 0.5) is 5.82 Å². The van der Waals surface area contributed by atoms with E-state index in [1.165, 1.54) is 11.1 Å². The van der Waals surface area contributed by atoms with E-state index >= 15 is 0 Å². The van der Waals surface area contributed by atoms with E-state index in [1.54, 1.807) is 6.20 Å². The van der Waals surface area contributed by atoms with Crippen LogP contribution in [0.25, 0.3) is 0 Å². The molecule has 0 radical (unpaired) electrons. The molecule has 0 atom stereocenters. The van der Waals surface area contributed by atoms with Crippen molar-refractivity contribution in [3.8, 4) is 0 Å². The van der Waals surface area contributed by atoms with Crippen molar-refractivity contribution in [2.45, 2.75) is 13.3 Å². The number of anilines is 1. The highest BCUT2D eigenvalue weighted by molar-refractivity contribution is 6.30. The van der Waals surface area contributed by atoms with Crippen LogP contribution in [-0.2, 0) is 6.42 Å². The van der Waals surface area contributed by atoms with Gasteiger partial charge in [-0.1, -0.05) is 41.4 Å². The number of pyridine rings is 1. The standard InChI is InChI=1S/C18H22ClN3/c1-15-2-4-16(5-3-15)8-9-21-10-12-22(13-11-21)18-7-6-17(19)14-20-18/h2-7,14H,8-13H2,1H3. The van der Waals surface area contributed by atoms with Crippen molar-refractivity contribution < 1.29 is 0 Å². The number of aromatic nitrogens is 1. The second-order valence-electron chi connectivity index (χ2n) is 5.90. The summed E-state index contributed by atoms with van der Waals surface area (Å²) in [5, 5.41) is 0.695. The zero-order valence-corrected chi connectivity index (χ0v) is 13.8. The second kappa shape index (κ2) is 7.12. The molecule has 1 aliphatic rings. The van der Waals surface area contributed by atoms with Gasteiger partial charge in [0.25, 0.3) is 0 Å². The quantitative estimate of drug-likeness (QED) is 0.862. The number of aryl methyl sites for hydroxylation is 1. The van der Waals surface area contributed by atoms with Crippen LogP contribution in [0.1, 0.15) is 11.1 Å². The lowest BCUT2D eigenvalue weighted by Crippen LogP contribution is -2.47. The van der Waals surface area contributed by atoms with E-state index in [2.05, 4.69) is 46.0 Å². The van der Waals surface area contributed by atoms with Crippen LogP contribution in [0.5, 0.6) is 0 Å². The van der Waals surface area contributed by atoms with Crippen molar-refractivity contribution in [1.29, 1.82) is 0 Å². The van der Waals surface area contributed by atoms with E-state index < -0.39 is 0 Å². The van der Waals surface area contributed by atoms with E-state index in [-0.39, 0.29) is 0 Å². The van der Waals surface area contributed by atoms with Gasteiger partial charge in [0, 0.05) is 38.9 Å². The fraction of sp³-hybridized carbons (Fsp3) is 0.389. The molecule has 0 spiro atoms. The lowest BCUT2D eigenvalue weighted by Gasteiger charge is -2.35. The molecular weight excluding hydrogens is 294 g/mol. The highest BCUT2D eigenvalue weighted by Crippen LogP contribution is 2.16. The Hall–Kier alpha value is -1.58. The van der Waals surface area contributed by atoms with Gasteiger partial charge in [0.2, 0.25) is 0 Å². The van der Waals surface area contributed by atoms with Crippen LogP contribution in [-0.4, -0.2) is 42.6 Å². The first-order valence-electron chi connectivity index (χ1n) is 7.85. The fourth-order valence-electron chi connectivity index (χ4n) is 2.80. The molecule has 22 heavy (non-hydrogen) atoms. The van der Waals surface area contributed by atoms with E-state index in [4.69, 9.17) is 11.6 Å². The molecule has 4 heteroatoms. The first-order chi connectivity index (χ1) is 10.7. The highest BCUT2D eigenvalue weighted by Gasteiger charge is 2.17. The number of piperazine rings is 1. The first-order valence-corrected chi connectivity index (χ1v) is 8.23. The predicted molar refractivity (Wildman–Crippen MR) is 92.8 cm³/mol. The molecule has 0 unspecified atom stereocenters. The third-order valence-electron chi connectivity index (χ3n) is 4.25. The maximum absolute atomic E-state index is 5.89. The minimum Gasteiger partial charge on any atom is -0.354 e. The van der Waals surface area contributed by atoms with Gasteiger partial charge in [0.15, 0.2) is 0 Å². The summed E-state index contributed by atoms with van der Waals surface area (Å²) in [4.78, 5) is 9.27. The topological polar surface area (TPSA) is 19.4 Å². The molecule has 1 aromatic carbocycles. The number of benzene rings is 1. The molecule has 116 valence electrons. The van der Waals surface area contributed by atoms with E-state index in [0.29, 0.717) is 5.02 Å². The molecule has 1 aromatic heterocycles. The van der Waals surface area contributed by atoms with Gasteiger partial charge in [-0.3, -0.25) is 4.90 Å². The van der Waals surface area contributed by atoms with Crippen molar-refractivity contribution in [2.75, 3.05) is 37.6 Å². The van der Waals surface area contributed by atoms with Gasteiger partial charge < -0.3 is 4.90 Å². The molecule has 1 aliphatic heterocycles. The molecule has 0 N–H and O–H groups in total. The molecule has 3 rings (SSSR count). The largest absolute Gasteiger partial charge is 0.354 e. The van der Waals surface area contributed by atoms with Crippen molar-refractivity contribution in [3.63, 3.8) is 0 Å². The maximum Gasteiger partial charge on any atom is 0.128 e. The smallest absolute Gasteiger partial charge is 0.128 e. The van der Waals surface area contributed by atoms with Gasteiger partial charge in [-0.15, -0.1) is 0 Å². The fourth-order valence-corrected chi connectivity index (χ4v) is 2.91. The molecule has 2 aromatic rings. The van der Waals surface area contributed by atoms with E-state index in [0.717, 1.165) is 45.0 Å². The second-order valence-corrected chi connectivity index (χ2v) is 6.34. The Labute approximate surface area is 137 Å². The third-order valence-corrected chi connectivity index (χ3v) is 4.47. The summed E-state index contributed by atoms with van der Waals surface area (Å²) in [6.45, 7) is 7.51. The van der Waals surface area contributed by atoms with Crippen LogP contribution in [0, 0.1) is 6.92 Å². The minimum atomic E-state index is 0.695. The van der Waals surface area contributed by atoms with Crippen molar-refractivity contribution in [3.05, 3.63) is 58.7 Å². The molecule has 2 heterocycles. The van der Waals surface area contributed by atoms with Gasteiger partial charge in [-0.2, -0.15) is 0 Å². The highest BCUT2D eigenvalue weighted by atomic mass is 35.5. The molecular formula is C18H22ClN3. The molecule has 1 fully saturated rings. The van der Waals surface area contributed by atoms with E-state index in [9.17, 15) is 0 Å². The minimum absolute atomic E-state index is 0.695. The number of nitrogens with zero attached hydrogens (tertiary/aromatic N) is 3. The van der Waals surface area contributed by atoms with Crippen LogP contribution in [0.15, 0.2) is 42.6 Å². The summed E-state index contributed by atoms with van der Waals surface area (Å²) in [6, 6.07) is 12.8.